The van der Waals surface area contributed by atoms with Crippen molar-refractivity contribution in [2.24, 2.45) is 0 Å². The number of nitrogens with zero attached hydrogens (tertiary/aromatic N) is 3. The number of pyridine rings is 1. The molecule has 0 atom stereocenters. The molecule has 0 fully saturated rings. The summed E-state index contributed by atoms with van der Waals surface area (Å²) < 4.78 is 2.59. The molecule has 0 bridgehead atoms. The smallest absolute Gasteiger partial charge is 0.258 e. The SMILES string of the molecule is Cc1ccc2nc(CSc3nc(C)cs3)cc(=O)n2c1. The van der Waals surface area contributed by atoms with Crippen LogP contribution in [0.2, 0.25) is 0 Å². The van der Waals surface area contributed by atoms with E-state index in [1.54, 1.807) is 33.6 Å². The third kappa shape index (κ3) is 2.76. The van der Waals surface area contributed by atoms with Crippen molar-refractivity contribution in [2.75, 3.05) is 0 Å². The van der Waals surface area contributed by atoms with Gasteiger partial charge in [0.25, 0.3) is 5.56 Å². The van der Waals surface area contributed by atoms with Crippen molar-refractivity contribution in [3.05, 3.63) is 57.1 Å². The fourth-order valence-corrected chi connectivity index (χ4v) is 3.61. The minimum atomic E-state index is -0.0374. The van der Waals surface area contributed by atoms with Crippen molar-refractivity contribution < 1.29 is 0 Å². The summed E-state index contributed by atoms with van der Waals surface area (Å²) in [6.07, 6.45) is 1.81. The Kier molecular flexibility index (Phi) is 3.58. The average Bonchev–Trinajstić information content (AvgIpc) is 2.83. The van der Waals surface area contributed by atoms with Crippen LogP contribution in [-0.2, 0) is 5.75 Å². The van der Waals surface area contributed by atoms with Crippen LogP contribution in [-0.4, -0.2) is 14.4 Å². The van der Waals surface area contributed by atoms with Crippen LogP contribution in [0.1, 0.15) is 17.0 Å². The first kappa shape index (κ1) is 13.3. The third-order valence-corrected chi connectivity index (χ3v) is 4.97. The number of thioether (sulfide) groups is 1. The van der Waals surface area contributed by atoms with Crippen molar-refractivity contribution in [3.63, 3.8) is 0 Å². The molecule has 0 saturated heterocycles. The highest BCUT2D eigenvalue weighted by atomic mass is 32.2. The molecule has 0 aliphatic rings. The number of thiazole rings is 1. The summed E-state index contributed by atoms with van der Waals surface area (Å²) in [7, 11) is 0. The monoisotopic (exact) mass is 303 g/mol. The lowest BCUT2D eigenvalue weighted by molar-refractivity contribution is 1.00. The Morgan fingerprint density at radius 3 is 2.90 bits per heavy atom. The molecule has 0 aliphatic carbocycles. The molecule has 3 aromatic heterocycles. The molecule has 0 N–H and O–H groups in total. The number of fused-ring (bicyclic) bond motifs is 1. The lowest BCUT2D eigenvalue weighted by Gasteiger charge is -2.04. The molecule has 0 saturated carbocycles. The van der Waals surface area contributed by atoms with Gasteiger partial charge >= 0.3 is 0 Å². The minimum Gasteiger partial charge on any atom is -0.269 e. The van der Waals surface area contributed by atoms with E-state index in [0.717, 1.165) is 21.3 Å². The molecule has 0 radical (unpaired) electrons. The van der Waals surface area contributed by atoms with Crippen molar-refractivity contribution in [1.82, 2.24) is 14.4 Å². The normalized spacial score (nSPS) is 11.1. The molecule has 3 rings (SSSR count). The predicted octanol–water partition coefficient (Wildman–Crippen LogP) is 3.06. The Morgan fingerprint density at radius 1 is 1.30 bits per heavy atom. The van der Waals surface area contributed by atoms with E-state index >= 15 is 0 Å². The highest BCUT2D eigenvalue weighted by Gasteiger charge is 2.05. The maximum Gasteiger partial charge on any atom is 0.258 e. The van der Waals surface area contributed by atoms with Crippen LogP contribution in [0.15, 0.2) is 38.9 Å². The Hall–Kier alpha value is -1.66. The standard InChI is InChI=1S/C14H13N3OS2/c1-9-3-4-12-16-11(5-13(18)17(12)6-9)8-20-14-15-10(2)7-19-14/h3-7H,8H2,1-2H3. The maximum absolute atomic E-state index is 12.1. The van der Waals surface area contributed by atoms with Crippen molar-refractivity contribution in [2.45, 2.75) is 23.9 Å². The summed E-state index contributed by atoms with van der Waals surface area (Å²) in [5.74, 6) is 0.659. The summed E-state index contributed by atoms with van der Waals surface area (Å²) in [6, 6.07) is 5.43. The lowest BCUT2D eigenvalue weighted by atomic mass is 10.3. The number of aromatic nitrogens is 3. The molecule has 0 aromatic carbocycles. The summed E-state index contributed by atoms with van der Waals surface area (Å²) in [4.78, 5) is 21.0. The first-order valence-electron chi connectivity index (χ1n) is 6.16. The van der Waals surface area contributed by atoms with Crippen LogP contribution in [0, 0.1) is 13.8 Å². The van der Waals surface area contributed by atoms with E-state index in [2.05, 4.69) is 9.97 Å². The molecule has 0 spiro atoms. The predicted molar refractivity (Wildman–Crippen MR) is 82.6 cm³/mol. The van der Waals surface area contributed by atoms with Gasteiger partial charge in [0, 0.05) is 29.1 Å². The number of aryl methyl sites for hydroxylation is 2. The van der Waals surface area contributed by atoms with E-state index in [0.29, 0.717) is 11.4 Å². The number of hydrogen-bond acceptors (Lipinski definition) is 5. The van der Waals surface area contributed by atoms with Gasteiger partial charge in [-0.25, -0.2) is 9.97 Å². The molecule has 102 valence electrons. The van der Waals surface area contributed by atoms with Gasteiger partial charge in [-0.15, -0.1) is 11.3 Å². The molecule has 3 aromatic rings. The largest absolute Gasteiger partial charge is 0.269 e. The van der Waals surface area contributed by atoms with Gasteiger partial charge in [0.15, 0.2) is 0 Å². The Labute approximate surface area is 124 Å². The molecular weight excluding hydrogens is 290 g/mol. The van der Waals surface area contributed by atoms with Crippen LogP contribution in [0.5, 0.6) is 0 Å². The molecular formula is C14H13N3OS2. The van der Waals surface area contributed by atoms with Crippen molar-refractivity contribution in [1.29, 1.82) is 0 Å². The van der Waals surface area contributed by atoms with Gasteiger partial charge in [0.1, 0.15) is 9.99 Å². The zero-order valence-corrected chi connectivity index (χ0v) is 12.8. The maximum atomic E-state index is 12.1. The lowest BCUT2D eigenvalue weighted by Crippen LogP contribution is -2.15. The van der Waals surface area contributed by atoms with E-state index in [1.807, 2.05) is 37.6 Å². The van der Waals surface area contributed by atoms with Crippen LogP contribution < -0.4 is 5.56 Å². The Morgan fingerprint density at radius 2 is 2.15 bits per heavy atom. The van der Waals surface area contributed by atoms with Crippen LogP contribution >= 0.6 is 23.1 Å². The van der Waals surface area contributed by atoms with Crippen LogP contribution in [0.4, 0.5) is 0 Å². The van der Waals surface area contributed by atoms with E-state index in [4.69, 9.17) is 0 Å². The Bertz CT molecular complexity index is 823. The molecule has 0 amide bonds. The molecule has 3 heterocycles. The van der Waals surface area contributed by atoms with Gasteiger partial charge in [0.05, 0.1) is 5.69 Å². The summed E-state index contributed by atoms with van der Waals surface area (Å²) >= 11 is 3.23. The van der Waals surface area contributed by atoms with E-state index in [9.17, 15) is 4.79 Å². The van der Waals surface area contributed by atoms with Crippen LogP contribution in [0.25, 0.3) is 5.65 Å². The van der Waals surface area contributed by atoms with Gasteiger partial charge in [-0.2, -0.15) is 0 Å². The molecule has 0 aliphatic heterocycles. The highest BCUT2D eigenvalue weighted by molar-refractivity contribution is 8.00. The summed E-state index contributed by atoms with van der Waals surface area (Å²) in [6.45, 7) is 3.93. The van der Waals surface area contributed by atoms with Gasteiger partial charge in [-0.05, 0) is 25.5 Å². The second-order valence-corrected chi connectivity index (χ2v) is 6.64. The topological polar surface area (TPSA) is 47.3 Å². The number of hydrogen-bond donors (Lipinski definition) is 0. The molecule has 6 heteroatoms. The fraction of sp³-hybridized carbons (Fsp3) is 0.214. The minimum absolute atomic E-state index is 0.0374. The quantitative estimate of drug-likeness (QED) is 0.698. The van der Waals surface area contributed by atoms with E-state index in [1.165, 1.54) is 0 Å². The summed E-state index contributed by atoms with van der Waals surface area (Å²) in [5.41, 5.74) is 3.51. The van der Waals surface area contributed by atoms with Crippen molar-refractivity contribution >= 4 is 28.7 Å². The van der Waals surface area contributed by atoms with E-state index in [-0.39, 0.29) is 5.56 Å². The van der Waals surface area contributed by atoms with Gasteiger partial charge < -0.3 is 0 Å². The first-order valence-corrected chi connectivity index (χ1v) is 8.02. The first-order chi connectivity index (χ1) is 9.61. The average molecular weight is 303 g/mol. The Balaban J connectivity index is 1.89. The molecule has 4 nitrogen and oxygen atoms in total. The van der Waals surface area contributed by atoms with Crippen LogP contribution in [0.3, 0.4) is 0 Å². The molecule has 0 unspecified atom stereocenters. The number of rotatable bonds is 3. The fourth-order valence-electron chi connectivity index (χ4n) is 1.87. The van der Waals surface area contributed by atoms with Crippen molar-refractivity contribution in [3.8, 4) is 0 Å². The second kappa shape index (κ2) is 5.38. The zero-order valence-electron chi connectivity index (χ0n) is 11.2. The third-order valence-electron chi connectivity index (χ3n) is 2.80. The summed E-state index contributed by atoms with van der Waals surface area (Å²) in [5, 5.41) is 2.02. The van der Waals surface area contributed by atoms with Gasteiger partial charge in [-0.1, -0.05) is 17.8 Å². The van der Waals surface area contributed by atoms with E-state index < -0.39 is 0 Å². The highest BCUT2D eigenvalue weighted by Crippen LogP contribution is 2.25. The second-order valence-electron chi connectivity index (χ2n) is 4.56. The molecule has 20 heavy (non-hydrogen) atoms. The van der Waals surface area contributed by atoms with Gasteiger partial charge in [0.2, 0.25) is 0 Å². The van der Waals surface area contributed by atoms with Gasteiger partial charge in [-0.3, -0.25) is 9.20 Å². The zero-order chi connectivity index (χ0) is 14.1.